The monoisotopic (exact) mass is 536 g/mol. The molecule has 0 unspecified atom stereocenters. The van der Waals surface area contributed by atoms with E-state index in [1.807, 2.05) is 65.8 Å². The highest BCUT2D eigenvalue weighted by atomic mass is 16.3. The number of carbonyl (C=O) groups excluding carboxylic acids is 2. The lowest BCUT2D eigenvalue weighted by Crippen LogP contribution is -2.41. The van der Waals surface area contributed by atoms with Gasteiger partial charge in [0, 0.05) is 22.2 Å². The van der Waals surface area contributed by atoms with Crippen molar-refractivity contribution in [1.29, 1.82) is 0 Å². The van der Waals surface area contributed by atoms with Crippen LogP contribution in [-0.2, 0) is 23.7 Å². The summed E-state index contributed by atoms with van der Waals surface area (Å²) in [6.07, 6.45) is 0.738. The Kier molecular flexibility index (Phi) is 9.88. The van der Waals surface area contributed by atoms with Gasteiger partial charge in [-0.15, -0.1) is 0 Å². The second kappa shape index (κ2) is 11.8. The molecule has 0 aliphatic heterocycles. The van der Waals surface area contributed by atoms with Crippen molar-refractivity contribution in [3.63, 3.8) is 0 Å². The average molecular weight is 537 g/mol. The molecule has 2 amide bonds. The van der Waals surface area contributed by atoms with Gasteiger partial charge in [0.1, 0.15) is 0 Å². The van der Waals surface area contributed by atoms with Crippen LogP contribution in [0, 0.1) is 0 Å². The predicted molar refractivity (Wildman–Crippen MR) is 163 cm³/mol. The maximum Gasteiger partial charge on any atom is 0.251 e. The highest BCUT2D eigenvalue weighted by Gasteiger charge is 2.24. The van der Waals surface area contributed by atoms with E-state index in [1.165, 1.54) is 0 Å². The Morgan fingerprint density at radius 1 is 0.667 bits per heavy atom. The number of rotatable bonds is 7. The van der Waals surface area contributed by atoms with Crippen molar-refractivity contribution in [1.82, 2.24) is 10.6 Å². The molecule has 1 atom stereocenters. The van der Waals surface area contributed by atoms with E-state index in [0.29, 0.717) is 30.4 Å². The summed E-state index contributed by atoms with van der Waals surface area (Å²) >= 11 is 0. The van der Waals surface area contributed by atoms with Crippen LogP contribution < -0.4 is 10.6 Å². The van der Waals surface area contributed by atoms with Crippen LogP contribution in [0.15, 0.2) is 36.4 Å². The summed E-state index contributed by atoms with van der Waals surface area (Å²) in [4.78, 5) is 26.5. The molecule has 0 aliphatic rings. The highest BCUT2D eigenvalue weighted by Crippen LogP contribution is 2.28. The molecule has 39 heavy (non-hydrogen) atoms. The Hall–Kier alpha value is -2.66. The van der Waals surface area contributed by atoms with Gasteiger partial charge < -0.3 is 15.7 Å². The molecular formula is C34H52N2O3. The van der Waals surface area contributed by atoms with Crippen LogP contribution in [0.1, 0.15) is 132 Å². The van der Waals surface area contributed by atoms with Crippen LogP contribution in [0.25, 0.3) is 0 Å². The van der Waals surface area contributed by atoms with Crippen LogP contribution >= 0.6 is 0 Å². The van der Waals surface area contributed by atoms with Crippen molar-refractivity contribution in [3.8, 4) is 0 Å². The van der Waals surface area contributed by atoms with Crippen LogP contribution in [-0.4, -0.2) is 34.1 Å². The van der Waals surface area contributed by atoms with Gasteiger partial charge in [-0.3, -0.25) is 9.59 Å². The summed E-state index contributed by atoms with van der Waals surface area (Å²) in [5, 5.41) is 17.3. The first kappa shape index (κ1) is 32.6. The standard InChI is InChI=1S/C34H52N2O3/c1-31(2,3)24-16-13-22(27(20-24)29(38)35-33(7,8)9)15-18-26(37)19-23-14-17-25(32(4,5)6)21-28(23)30(39)36-34(10,11)12/h13-14,16-17,20-21,26,37H,15,18-19H2,1-12H3,(H,35,38)(H,36,39)/t26-/m0/s1. The fraction of sp³-hybridized carbons (Fsp3) is 0.588. The van der Waals surface area contributed by atoms with Gasteiger partial charge in [0.05, 0.1) is 6.10 Å². The zero-order valence-electron chi connectivity index (χ0n) is 26.4. The molecule has 5 heteroatoms. The second-order valence-electron chi connectivity index (χ2n) is 15.0. The topological polar surface area (TPSA) is 78.4 Å². The van der Waals surface area contributed by atoms with E-state index >= 15 is 0 Å². The molecule has 0 aliphatic carbocycles. The van der Waals surface area contributed by atoms with Gasteiger partial charge in [-0.2, -0.15) is 0 Å². The number of hydrogen-bond donors (Lipinski definition) is 3. The summed E-state index contributed by atoms with van der Waals surface area (Å²) in [6.45, 7) is 24.6. The van der Waals surface area contributed by atoms with Crippen molar-refractivity contribution in [2.75, 3.05) is 0 Å². The maximum absolute atomic E-state index is 13.2. The Morgan fingerprint density at radius 2 is 1.05 bits per heavy atom. The molecule has 2 aromatic carbocycles. The Balaban J connectivity index is 2.32. The lowest BCUT2D eigenvalue weighted by molar-refractivity contribution is 0.0907. The van der Waals surface area contributed by atoms with Crippen LogP contribution in [0.5, 0.6) is 0 Å². The van der Waals surface area contributed by atoms with Crippen LogP contribution in [0.4, 0.5) is 0 Å². The van der Waals surface area contributed by atoms with Crippen molar-refractivity contribution < 1.29 is 14.7 Å². The first-order valence-electron chi connectivity index (χ1n) is 14.2. The Morgan fingerprint density at radius 3 is 1.44 bits per heavy atom. The van der Waals surface area contributed by atoms with E-state index in [9.17, 15) is 14.7 Å². The Bertz CT molecular complexity index is 1170. The van der Waals surface area contributed by atoms with Gasteiger partial charge in [0.2, 0.25) is 0 Å². The molecule has 0 heterocycles. The number of benzene rings is 2. The zero-order valence-corrected chi connectivity index (χ0v) is 26.4. The van der Waals surface area contributed by atoms with Gasteiger partial charge in [-0.25, -0.2) is 0 Å². The van der Waals surface area contributed by atoms with E-state index in [4.69, 9.17) is 0 Å². The highest BCUT2D eigenvalue weighted by molar-refractivity contribution is 5.97. The molecule has 0 fully saturated rings. The number of amides is 2. The summed E-state index contributed by atoms with van der Waals surface area (Å²) in [5.74, 6) is -0.230. The van der Waals surface area contributed by atoms with Gasteiger partial charge >= 0.3 is 0 Å². The van der Waals surface area contributed by atoms with Crippen molar-refractivity contribution in [2.24, 2.45) is 0 Å². The minimum atomic E-state index is -0.660. The third-order valence-electron chi connectivity index (χ3n) is 6.62. The fourth-order valence-electron chi connectivity index (χ4n) is 4.40. The molecule has 3 N–H and O–H groups in total. The zero-order chi connectivity index (χ0) is 30.0. The number of aliphatic hydroxyl groups is 1. The smallest absolute Gasteiger partial charge is 0.251 e. The lowest BCUT2D eigenvalue weighted by Gasteiger charge is -2.25. The van der Waals surface area contributed by atoms with Gasteiger partial charge in [-0.1, -0.05) is 65.8 Å². The number of carbonyl (C=O) groups is 2. The largest absolute Gasteiger partial charge is 0.393 e. The van der Waals surface area contributed by atoms with Crippen molar-refractivity contribution >= 4 is 11.8 Å². The van der Waals surface area contributed by atoms with Gasteiger partial charge in [0.25, 0.3) is 11.8 Å². The fourth-order valence-corrected chi connectivity index (χ4v) is 4.40. The maximum atomic E-state index is 13.2. The normalized spacial score (nSPS) is 13.7. The third-order valence-corrected chi connectivity index (χ3v) is 6.62. The van der Waals surface area contributed by atoms with E-state index in [2.05, 4.69) is 64.3 Å². The molecule has 5 nitrogen and oxygen atoms in total. The quantitative estimate of drug-likeness (QED) is 0.361. The molecule has 0 radical (unpaired) electrons. The first-order valence-corrected chi connectivity index (χ1v) is 14.2. The van der Waals surface area contributed by atoms with Crippen LogP contribution in [0.2, 0.25) is 0 Å². The minimum Gasteiger partial charge on any atom is -0.393 e. The molecule has 0 saturated carbocycles. The SMILES string of the molecule is CC(C)(C)NC(=O)c1cc(C(C)(C)C)ccc1CC[C@H](O)Cc1ccc(C(C)(C)C)cc1C(=O)NC(C)(C)C. The lowest BCUT2D eigenvalue weighted by atomic mass is 9.83. The number of hydrogen-bond acceptors (Lipinski definition) is 3. The van der Waals surface area contributed by atoms with E-state index in [-0.39, 0.29) is 33.7 Å². The number of aliphatic hydroxyl groups excluding tert-OH is 1. The van der Waals surface area contributed by atoms with E-state index < -0.39 is 6.10 Å². The van der Waals surface area contributed by atoms with Gasteiger partial charge in [0.15, 0.2) is 0 Å². The molecule has 2 aromatic rings. The molecule has 216 valence electrons. The summed E-state index contributed by atoms with van der Waals surface area (Å²) in [6, 6.07) is 12.1. The minimum absolute atomic E-state index is 0.0853. The van der Waals surface area contributed by atoms with E-state index in [0.717, 1.165) is 22.3 Å². The Labute approximate surface area is 237 Å². The summed E-state index contributed by atoms with van der Waals surface area (Å²) in [5.41, 5.74) is 4.27. The van der Waals surface area contributed by atoms with E-state index in [1.54, 1.807) is 0 Å². The number of aryl methyl sites for hydroxylation is 1. The summed E-state index contributed by atoms with van der Waals surface area (Å²) < 4.78 is 0. The molecule has 0 aromatic heterocycles. The molecule has 0 bridgehead atoms. The van der Waals surface area contributed by atoms with Crippen LogP contribution in [0.3, 0.4) is 0 Å². The average Bonchev–Trinajstić information content (AvgIpc) is 2.74. The third kappa shape index (κ3) is 10.1. The van der Waals surface area contributed by atoms with Crippen molar-refractivity contribution in [2.45, 2.75) is 130 Å². The predicted octanol–water partition coefficient (Wildman–Crippen LogP) is 6.87. The van der Waals surface area contributed by atoms with Crippen molar-refractivity contribution in [3.05, 3.63) is 69.8 Å². The molecule has 2 rings (SSSR count). The second-order valence-corrected chi connectivity index (χ2v) is 15.0. The van der Waals surface area contributed by atoms with Gasteiger partial charge in [-0.05, 0) is 106 Å². The molecule has 0 spiro atoms. The summed E-state index contributed by atoms with van der Waals surface area (Å²) in [7, 11) is 0. The first-order chi connectivity index (χ1) is 17.6. The molecule has 0 saturated heterocycles. The molecular weight excluding hydrogens is 484 g/mol. The number of nitrogens with one attached hydrogen (secondary N) is 2.